The van der Waals surface area contributed by atoms with E-state index in [9.17, 15) is 4.79 Å². The molecular formula is C9H8BrCl2NO. The SMILES string of the molecule is CN(C(=O)CCl)c1cccc(Cl)c1Br. The van der Waals surface area contributed by atoms with Gasteiger partial charge in [-0.3, -0.25) is 4.79 Å². The van der Waals surface area contributed by atoms with E-state index in [-0.39, 0.29) is 11.8 Å². The highest BCUT2D eigenvalue weighted by Crippen LogP contribution is 2.32. The highest BCUT2D eigenvalue weighted by Gasteiger charge is 2.13. The second kappa shape index (κ2) is 5.01. The van der Waals surface area contributed by atoms with Crippen molar-refractivity contribution in [1.29, 1.82) is 0 Å². The van der Waals surface area contributed by atoms with Crippen molar-refractivity contribution >= 4 is 50.7 Å². The first-order valence-corrected chi connectivity index (χ1v) is 5.55. The first kappa shape index (κ1) is 11.8. The number of halogens is 3. The van der Waals surface area contributed by atoms with Gasteiger partial charge in [0.25, 0.3) is 0 Å². The van der Waals surface area contributed by atoms with E-state index >= 15 is 0 Å². The fourth-order valence-corrected chi connectivity index (χ4v) is 1.85. The van der Waals surface area contributed by atoms with Crippen LogP contribution in [0.3, 0.4) is 0 Å². The second-order valence-electron chi connectivity index (χ2n) is 2.66. The highest BCUT2D eigenvalue weighted by molar-refractivity contribution is 9.10. The van der Waals surface area contributed by atoms with E-state index in [1.807, 2.05) is 0 Å². The minimum absolute atomic E-state index is 0.0462. The molecule has 1 rings (SSSR count). The molecule has 5 heteroatoms. The Balaban J connectivity index is 3.07. The van der Waals surface area contributed by atoms with Crippen LogP contribution in [0.2, 0.25) is 5.02 Å². The molecule has 1 aromatic rings. The van der Waals surface area contributed by atoms with Gasteiger partial charge in [0.15, 0.2) is 0 Å². The molecule has 0 aliphatic heterocycles. The molecule has 14 heavy (non-hydrogen) atoms. The summed E-state index contributed by atoms with van der Waals surface area (Å²) in [4.78, 5) is 12.8. The summed E-state index contributed by atoms with van der Waals surface area (Å²) in [5.41, 5.74) is 0.711. The number of benzene rings is 1. The number of nitrogens with zero attached hydrogens (tertiary/aromatic N) is 1. The molecule has 2 nitrogen and oxygen atoms in total. The van der Waals surface area contributed by atoms with Crippen molar-refractivity contribution in [2.75, 3.05) is 17.8 Å². The highest BCUT2D eigenvalue weighted by atomic mass is 79.9. The van der Waals surface area contributed by atoms with Crippen LogP contribution < -0.4 is 4.90 Å². The van der Waals surface area contributed by atoms with Crippen molar-refractivity contribution in [2.45, 2.75) is 0 Å². The van der Waals surface area contributed by atoms with Crippen LogP contribution in [0.25, 0.3) is 0 Å². The van der Waals surface area contributed by atoms with Gasteiger partial charge in [0.1, 0.15) is 5.88 Å². The minimum atomic E-state index is -0.172. The molecule has 0 aliphatic rings. The van der Waals surface area contributed by atoms with E-state index in [0.29, 0.717) is 15.2 Å². The Hall–Kier alpha value is -0.250. The summed E-state index contributed by atoms with van der Waals surface area (Å²) in [6.45, 7) is 0. The topological polar surface area (TPSA) is 20.3 Å². The summed E-state index contributed by atoms with van der Waals surface area (Å²) < 4.78 is 0.697. The molecule has 0 fully saturated rings. The second-order valence-corrected chi connectivity index (χ2v) is 4.13. The Bertz CT molecular complexity index is 357. The Kier molecular flexibility index (Phi) is 4.23. The van der Waals surface area contributed by atoms with Crippen LogP contribution in [0, 0.1) is 0 Å². The van der Waals surface area contributed by atoms with E-state index in [2.05, 4.69) is 15.9 Å². The van der Waals surface area contributed by atoms with Gasteiger partial charge < -0.3 is 4.90 Å². The van der Waals surface area contributed by atoms with Crippen molar-refractivity contribution < 1.29 is 4.79 Å². The quantitative estimate of drug-likeness (QED) is 0.767. The molecule has 0 radical (unpaired) electrons. The number of rotatable bonds is 2. The number of carbonyl (C=O) groups excluding carboxylic acids is 1. The van der Waals surface area contributed by atoms with Crippen molar-refractivity contribution in [3.63, 3.8) is 0 Å². The predicted octanol–water partition coefficient (Wildman–Crippen LogP) is 3.30. The minimum Gasteiger partial charge on any atom is -0.313 e. The van der Waals surface area contributed by atoms with Gasteiger partial charge in [-0.25, -0.2) is 0 Å². The number of carbonyl (C=O) groups is 1. The van der Waals surface area contributed by atoms with Gasteiger partial charge >= 0.3 is 0 Å². The zero-order chi connectivity index (χ0) is 10.7. The van der Waals surface area contributed by atoms with E-state index in [4.69, 9.17) is 23.2 Å². The predicted molar refractivity (Wildman–Crippen MR) is 63.3 cm³/mol. The van der Waals surface area contributed by atoms with Crippen molar-refractivity contribution in [2.24, 2.45) is 0 Å². The number of alkyl halides is 1. The van der Waals surface area contributed by atoms with Crippen LogP contribution >= 0.6 is 39.1 Å². The van der Waals surface area contributed by atoms with Gasteiger partial charge in [-0.2, -0.15) is 0 Å². The molecule has 0 heterocycles. The summed E-state index contributed by atoms with van der Waals surface area (Å²) in [5.74, 6) is -0.218. The number of hydrogen-bond donors (Lipinski definition) is 0. The van der Waals surface area contributed by atoms with E-state index in [0.717, 1.165) is 0 Å². The molecule has 1 aromatic carbocycles. The van der Waals surface area contributed by atoms with Gasteiger partial charge in [-0.15, -0.1) is 11.6 Å². The number of amides is 1. The molecule has 0 saturated carbocycles. The third-order valence-electron chi connectivity index (χ3n) is 1.78. The van der Waals surface area contributed by atoms with Crippen LogP contribution in [-0.4, -0.2) is 18.8 Å². The van der Waals surface area contributed by atoms with Crippen LogP contribution in [0.15, 0.2) is 22.7 Å². The zero-order valence-electron chi connectivity index (χ0n) is 7.43. The first-order valence-electron chi connectivity index (χ1n) is 3.84. The zero-order valence-corrected chi connectivity index (χ0v) is 10.5. The third kappa shape index (κ3) is 2.41. The summed E-state index contributed by atoms with van der Waals surface area (Å²) in [6.07, 6.45) is 0. The van der Waals surface area contributed by atoms with Crippen molar-refractivity contribution in [3.05, 3.63) is 27.7 Å². The van der Waals surface area contributed by atoms with E-state index < -0.39 is 0 Å². The van der Waals surface area contributed by atoms with E-state index in [1.54, 1.807) is 25.2 Å². The Labute approximate surface area is 101 Å². The lowest BCUT2D eigenvalue weighted by Crippen LogP contribution is -2.27. The third-order valence-corrected chi connectivity index (χ3v) is 3.39. The lowest BCUT2D eigenvalue weighted by Gasteiger charge is -2.17. The average molecular weight is 297 g/mol. The Morgan fingerprint density at radius 3 is 2.79 bits per heavy atom. The van der Waals surface area contributed by atoms with Crippen LogP contribution in [0.1, 0.15) is 0 Å². The fraction of sp³-hybridized carbons (Fsp3) is 0.222. The molecule has 76 valence electrons. The van der Waals surface area contributed by atoms with Gasteiger partial charge in [0.05, 0.1) is 15.2 Å². The fourth-order valence-electron chi connectivity index (χ4n) is 0.975. The maximum atomic E-state index is 11.3. The van der Waals surface area contributed by atoms with Gasteiger partial charge in [-0.05, 0) is 28.1 Å². The summed E-state index contributed by atoms with van der Waals surface area (Å²) in [7, 11) is 1.65. The van der Waals surface area contributed by atoms with Gasteiger partial charge in [0.2, 0.25) is 5.91 Å². The summed E-state index contributed by atoms with van der Waals surface area (Å²) in [6, 6.07) is 5.31. The molecule has 1 amide bonds. The standard InChI is InChI=1S/C9H8BrCl2NO/c1-13(8(14)5-11)7-4-2-3-6(12)9(7)10/h2-4H,5H2,1H3. The normalized spacial score (nSPS) is 10.0. The molecular weight excluding hydrogens is 289 g/mol. The molecule has 0 bridgehead atoms. The van der Waals surface area contributed by atoms with Crippen molar-refractivity contribution in [3.8, 4) is 0 Å². The maximum absolute atomic E-state index is 11.3. The largest absolute Gasteiger partial charge is 0.313 e. The van der Waals surface area contributed by atoms with Crippen LogP contribution in [-0.2, 0) is 4.79 Å². The molecule has 0 spiro atoms. The maximum Gasteiger partial charge on any atom is 0.241 e. The molecule has 0 aromatic heterocycles. The average Bonchev–Trinajstić information content (AvgIpc) is 2.20. The van der Waals surface area contributed by atoms with Crippen LogP contribution in [0.4, 0.5) is 5.69 Å². The number of anilines is 1. The molecule has 0 saturated heterocycles. The first-order chi connectivity index (χ1) is 6.57. The lowest BCUT2D eigenvalue weighted by molar-refractivity contribution is -0.116. The lowest BCUT2D eigenvalue weighted by atomic mass is 10.3. The Morgan fingerprint density at radius 2 is 2.21 bits per heavy atom. The Morgan fingerprint density at radius 1 is 1.57 bits per heavy atom. The summed E-state index contributed by atoms with van der Waals surface area (Å²) in [5, 5.41) is 0.566. The van der Waals surface area contributed by atoms with Crippen molar-refractivity contribution in [1.82, 2.24) is 0 Å². The number of hydrogen-bond acceptors (Lipinski definition) is 1. The molecule has 0 atom stereocenters. The smallest absolute Gasteiger partial charge is 0.241 e. The van der Waals surface area contributed by atoms with E-state index in [1.165, 1.54) is 4.90 Å². The molecule has 0 aliphatic carbocycles. The van der Waals surface area contributed by atoms with Gasteiger partial charge in [-0.1, -0.05) is 17.7 Å². The van der Waals surface area contributed by atoms with Crippen LogP contribution in [0.5, 0.6) is 0 Å². The molecule has 0 unspecified atom stereocenters. The molecule has 0 N–H and O–H groups in total. The summed E-state index contributed by atoms with van der Waals surface area (Å²) >= 11 is 14.6. The van der Waals surface area contributed by atoms with Gasteiger partial charge in [0, 0.05) is 7.05 Å². The monoisotopic (exact) mass is 295 g/mol.